The maximum atomic E-state index is 13.8. The zero-order valence-corrected chi connectivity index (χ0v) is 41.1. The van der Waals surface area contributed by atoms with Crippen molar-refractivity contribution in [3.8, 4) is 0 Å². The van der Waals surface area contributed by atoms with Crippen LogP contribution in [0.4, 0.5) is 0 Å². The summed E-state index contributed by atoms with van der Waals surface area (Å²) in [5.41, 5.74) is -0.806. The molecule has 0 aromatic heterocycles. The van der Waals surface area contributed by atoms with Crippen LogP contribution in [0.25, 0.3) is 0 Å². The molecule has 6 N–H and O–H groups in total. The third-order valence-corrected chi connectivity index (χ3v) is 13.4. The number of esters is 1. The van der Waals surface area contributed by atoms with E-state index in [4.69, 9.17) is 47.7 Å². The second-order valence-electron chi connectivity index (χ2n) is 18.7. The fourth-order valence-electron chi connectivity index (χ4n) is 9.51. The van der Waals surface area contributed by atoms with Crippen LogP contribution in [0.3, 0.4) is 0 Å². The van der Waals surface area contributed by atoms with Crippen molar-refractivity contribution >= 4 is 18.0 Å². The number of ketones is 1. The van der Waals surface area contributed by atoms with Crippen molar-refractivity contribution in [2.24, 2.45) is 23.7 Å². The quantitative estimate of drug-likeness (QED) is 0.113. The van der Waals surface area contributed by atoms with E-state index in [9.17, 15) is 39.9 Å². The van der Waals surface area contributed by atoms with Crippen molar-refractivity contribution in [1.29, 1.82) is 0 Å². The maximum absolute atomic E-state index is 13.8. The SMILES string of the molecule is CC[C@H]1OC(=O)C[C@@H](O)[C@H](C)[C@@H](O[C@@H]2O[C@H](C)[C@@H](O[C@H]3C[C@@](C)(O)[C@@H](O)[C@H](C)O3)[C@H](N(C)C)[C@H]2O)[C@@H](CC=O)C[C@@H](C)C(=O)/C=C/C(C)=C/C1CO[C@@H]1O[C@H](C)[C@@H](O)[C@@H](OC)[C@H]1OC.CO. The van der Waals surface area contributed by atoms with E-state index in [0.717, 1.165) is 13.4 Å². The number of aldehydes is 1. The number of methoxy groups -OCH3 is 2. The van der Waals surface area contributed by atoms with Crippen molar-refractivity contribution in [3.63, 3.8) is 0 Å². The van der Waals surface area contributed by atoms with Crippen molar-refractivity contribution in [2.75, 3.05) is 42.0 Å². The third kappa shape index (κ3) is 14.9. The molecule has 4 aliphatic heterocycles. The Morgan fingerprint density at radius 2 is 1.48 bits per heavy atom. The number of rotatable bonds is 13. The van der Waals surface area contributed by atoms with Crippen LogP contribution < -0.4 is 0 Å². The van der Waals surface area contributed by atoms with Gasteiger partial charge in [-0.3, -0.25) is 9.59 Å². The number of hydrogen-bond donors (Lipinski definition) is 6. The number of aliphatic hydroxyl groups excluding tert-OH is 5. The zero-order valence-electron chi connectivity index (χ0n) is 41.1. The minimum absolute atomic E-state index is 0.00788. The van der Waals surface area contributed by atoms with Crippen LogP contribution in [0.5, 0.6) is 0 Å². The van der Waals surface area contributed by atoms with Gasteiger partial charge in [0, 0.05) is 51.9 Å². The van der Waals surface area contributed by atoms with Gasteiger partial charge in [0.2, 0.25) is 0 Å². The van der Waals surface area contributed by atoms with E-state index in [-0.39, 0.29) is 31.7 Å². The van der Waals surface area contributed by atoms with Crippen molar-refractivity contribution in [1.82, 2.24) is 4.90 Å². The molecule has 0 aliphatic carbocycles. The first-order valence-corrected chi connectivity index (χ1v) is 23.1. The Kier molecular flexibility index (Phi) is 23.4. The van der Waals surface area contributed by atoms with Crippen LogP contribution in [0.15, 0.2) is 23.8 Å². The number of cyclic esters (lactones) is 1. The van der Waals surface area contributed by atoms with Crippen LogP contribution in [0.2, 0.25) is 0 Å². The molecule has 19 heteroatoms. The molecule has 19 nitrogen and oxygen atoms in total. The number of nitrogens with zero attached hydrogens (tertiary/aromatic N) is 1. The summed E-state index contributed by atoms with van der Waals surface area (Å²) in [4.78, 5) is 41.5. The molecule has 4 heterocycles. The smallest absolute Gasteiger partial charge is 0.308 e. The van der Waals surface area contributed by atoms with Gasteiger partial charge in [0.1, 0.15) is 49.0 Å². The highest BCUT2D eigenvalue weighted by molar-refractivity contribution is 5.91. The van der Waals surface area contributed by atoms with Gasteiger partial charge in [0.25, 0.3) is 0 Å². The highest BCUT2D eigenvalue weighted by Crippen LogP contribution is 2.37. The highest BCUT2D eigenvalue weighted by atomic mass is 16.7. The number of ether oxygens (including phenoxy) is 9. The van der Waals surface area contributed by atoms with Crippen LogP contribution >= 0.6 is 0 Å². The molecule has 66 heavy (non-hydrogen) atoms. The summed E-state index contributed by atoms with van der Waals surface area (Å²) in [6.45, 7) is 13.6. The number of carbonyl (C=O) groups excluding carboxylic acids is 3. The molecule has 0 amide bonds. The maximum Gasteiger partial charge on any atom is 0.308 e. The van der Waals surface area contributed by atoms with Crippen molar-refractivity contribution in [3.05, 3.63) is 23.8 Å². The van der Waals surface area contributed by atoms with E-state index in [1.165, 1.54) is 27.2 Å². The Hall–Kier alpha value is -2.31. The monoisotopic (exact) mass is 948 g/mol. The zero-order chi connectivity index (χ0) is 49.8. The van der Waals surface area contributed by atoms with E-state index in [1.807, 2.05) is 19.9 Å². The average molecular weight is 948 g/mol. The lowest BCUT2D eigenvalue weighted by molar-refractivity contribution is -0.341. The second kappa shape index (κ2) is 26.6. The lowest BCUT2D eigenvalue weighted by Gasteiger charge is -2.50. The van der Waals surface area contributed by atoms with Crippen LogP contribution in [-0.4, -0.2) is 199 Å². The Bertz CT molecular complexity index is 1560. The topological polar surface area (TPSA) is 259 Å². The standard InChI is InChI=1S/C46H77NO17.CH4O/c1-13-33-30(22-58-45-42(57-12)41(56-11)37(52)26(5)60-45)18-23(2)14-15-31(49)24(3)19-29(16-17-48)39(25(4)32(50)20-34(51)62-33)64-44-38(53)36(47(9)10)40(27(6)61-44)63-35-21-46(8,55)43(54)28(7)59-35;1-2/h14-15,17-18,24-30,32-33,35-45,50,52-55H,13,16,19-22H2,1-12H3;2H,1H3/b15-14+,23-18+;/t24-,25+,26-,27-,28+,29+,30?,32-,33-,35+,36-,37-,38-,39-,40-,41-,42-,43+,44+,45-,46-;/m1./s1. The van der Waals surface area contributed by atoms with Gasteiger partial charge in [0.05, 0.1) is 55.2 Å². The summed E-state index contributed by atoms with van der Waals surface area (Å²) in [6.07, 6.45) is -8.49. The van der Waals surface area contributed by atoms with Crippen LogP contribution in [0, 0.1) is 23.7 Å². The van der Waals surface area contributed by atoms with Gasteiger partial charge in [-0.05, 0) is 73.5 Å². The Balaban J connectivity index is 0.00000570. The van der Waals surface area contributed by atoms with E-state index in [1.54, 1.807) is 59.7 Å². The first kappa shape index (κ1) is 58.0. The number of hydrogen-bond acceptors (Lipinski definition) is 19. The molecule has 382 valence electrons. The third-order valence-electron chi connectivity index (χ3n) is 13.4. The average Bonchev–Trinajstić information content (AvgIpc) is 3.26. The van der Waals surface area contributed by atoms with Crippen molar-refractivity contribution in [2.45, 2.75) is 191 Å². The molecule has 0 radical (unpaired) electrons. The number of aliphatic hydroxyl groups is 6. The number of carbonyl (C=O) groups is 3. The fraction of sp³-hybridized carbons (Fsp3) is 0.851. The van der Waals surface area contributed by atoms with E-state index in [2.05, 4.69) is 0 Å². The van der Waals surface area contributed by atoms with Gasteiger partial charge in [-0.1, -0.05) is 38.5 Å². The molecule has 0 aromatic carbocycles. The first-order chi connectivity index (χ1) is 31.1. The van der Waals surface area contributed by atoms with E-state index in [0.29, 0.717) is 12.0 Å². The molecule has 0 aromatic rings. The summed E-state index contributed by atoms with van der Waals surface area (Å²) in [5, 5.41) is 62.8. The van der Waals surface area contributed by atoms with Gasteiger partial charge >= 0.3 is 5.97 Å². The van der Waals surface area contributed by atoms with E-state index >= 15 is 0 Å². The molecule has 1 unspecified atom stereocenters. The normalized spacial score (nSPS) is 44.6. The molecule has 3 fully saturated rings. The van der Waals surface area contributed by atoms with Gasteiger partial charge in [-0.15, -0.1) is 0 Å². The summed E-state index contributed by atoms with van der Waals surface area (Å²) in [6, 6.07) is -0.748. The van der Waals surface area contributed by atoms with Gasteiger partial charge in [-0.25, -0.2) is 0 Å². The first-order valence-electron chi connectivity index (χ1n) is 23.1. The van der Waals surface area contributed by atoms with Gasteiger partial charge in [0.15, 0.2) is 24.7 Å². The van der Waals surface area contributed by atoms with Crippen LogP contribution in [0.1, 0.15) is 87.5 Å². The highest BCUT2D eigenvalue weighted by Gasteiger charge is 2.52. The molecule has 21 atom stereocenters. The Labute approximate surface area is 390 Å². The van der Waals surface area contributed by atoms with Crippen LogP contribution in [-0.2, 0) is 57.0 Å². The number of likely N-dealkylation sites (N-methyl/N-ethyl adjacent to an activating group) is 1. The minimum atomic E-state index is -1.49. The molecular weight excluding hydrogens is 867 g/mol. The largest absolute Gasteiger partial charge is 0.462 e. The molecule has 0 bridgehead atoms. The molecule has 0 spiro atoms. The fourth-order valence-corrected chi connectivity index (χ4v) is 9.51. The molecular formula is C47H81NO18. The lowest BCUT2D eigenvalue weighted by Crippen LogP contribution is -2.65. The summed E-state index contributed by atoms with van der Waals surface area (Å²) >= 11 is 0. The molecule has 3 saturated heterocycles. The molecule has 4 aliphatic rings. The van der Waals surface area contributed by atoms with Crippen molar-refractivity contribution < 1.29 is 87.7 Å². The Morgan fingerprint density at radius 3 is 2.06 bits per heavy atom. The summed E-state index contributed by atoms with van der Waals surface area (Å²) in [5.74, 6) is -3.59. The summed E-state index contributed by atoms with van der Waals surface area (Å²) in [7, 11) is 7.43. The van der Waals surface area contributed by atoms with Gasteiger partial charge in [-0.2, -0.15) is 0 Å². The molecule has 0 saturated carbocycles. The van der Waals surface area contributed by atoms with E-state index < -0.39 is 140 Å². The predicted octanol–water partition coefficient (Wildman–Crippen LogP) is 1.44. The second-order valence-corrected chi connectivity index (χ2v) is 18.7. The molecule has 4 rings (SSSR count). The minimum Gasteiger partial charge on any atom is -0.462 e. The van der Waals surface area contributed by atoms with Gasteiger partial charge < -0.3 is 83.0 Å². The summed E-state index contributed by atoms with van der Waals surface area (Å²) < 4.78 is 54.7. The number of allylic oxidation sites excluding steroid dienone is 3. The predicted molar refractivity (Wildman–Crippen MR) is 238 cm³/mol. The lowest BCUT2D eigenvalue weighted by atomic mass is 9.79. The Morgan fingerprint density at radius 1 is 0.848 bits per heavy atom.